The molecule has 1 amide bonds. The van der Waals surface area contributed by atoms with Crippen LogP contribution in [0, 0.1) is 0 Å². The van der Waals surface area contributed by atoms with Crippen molar-refractivity contribution in [3.8, 4) is 0 Å². The number of hydrogen-bond donors (Lipinski definition) is 3. The zero-order valence-electron chi connectivity index (χ0n) is 12.0. The highest BCUT2D eigenvalue weighted by molar-refractivity contribution is 5.85. The molecular formula is C12H20N2O7. The lowest BCUT2D eigenvalue weighted by atomic mass is 10.1. The summed E-state index contributed by atoms with van der Waals surface area (Å²) >= 11 is 0. The average molecular weight is 304 g/mol. The zero-order valence-corrected chi connectivity index (χ0v) is 12.0. The van der Waals surface area contributed by atoms with Crippen LogP contribution in [-0.4, -0.2) is 55.2 Å². The van der Waals surface area contributed by atoms with Crippen molar-refractivity contribution in [3.05, 3.63) is 0 Å². The maximum Gasteiger partial charge on any atom is 0.328 e. The Morgan fingerprint density at radius 3 is 2.10 bits per heavy atom. The van der Waals surface area contributed by atoms with Gasteiger partial charge in [-0.25, -0.2) is 4.79 Å². The Morgan fingerprint density at radius 2 is 1.62 bits per heavy atom. The number of nitrogens with two attached hydrogens (primary N) is 1. The molecule has 2 atom stereocenters. The van der Waals surface area contributed by atoms with Gasteiger partial charge in [0.15, 0.2) is 0 Å². The summed E-state index contributed by atoms with van der Waals surface area (Å²) in [6.45, 7) is 0. The number of carbonyl (C=O) groups is 4. The maximum atomic E-state index is 11.7. The predicted molar refractivity (Wildman–Crippen MR) is 70.0 cm³/mol. The molecule has 0 aromatic heterocycles. The molecule has 0 spiro atoms. The molecule has 0 rings (SSSR count). The SMILES string of the molecule is COC(=O)[C@@H](N)CCC(=O)N[C@H](CCC(=O)O)C(=O)OC. The molecule has 9 heteroatoms. The minimum absolute atomic E-state index is 0.0470. The molecule has 0 aliphatic heterocycles. The van der Waals surface area contributed by atoms with Gasteiger partial charge in [0, 0.05) is 12.8 Å². The normalized spacial score (nSPS) is 12.9. The third-order valence-electron chi connectivity index (χ3n) is 2.65. The first-order valence-corrected chi connectivity index (χ1v) is 6.24. The number of methoxy groups -OCH3 is 2. The number of rotatable bonds is 9. The monoisotopic (exact) mass is 304 g/mol. The summed E-state index contributed by atoms with van der Waals surface area (Å²) in [7, 11) is 2.32. The van der Waals surface area contributed by atoms with Gasteiger partial charge in [-0.3, -0.25) is 14.4 Å². The Bertz CT molecular complexity index is 397. The summed E-state index contributed by atoms with van der Waals surface area (Å²) in [4.78, 5) is 44.6. The van der Waals surface area contributed by atoms with Crippen LogP contribution in [0.5, 0.6) is 0 Å². The zero-order chi connectivity index (χ0) is 16.4. The van der Waals surface area contributed by atoms with E-state index in [1.54, 1.807) is 0 Å². The number of carboxylic acids is 1. The molecule has 0 aliphatic carbocycles. The van der Waals surface area contributed by atoms with Crippen molar-refractivity contribution >= 4 is 23.8 Å². The van der Waals surface area contributed by atoms with Crippen LogP contribution in [-0.2, 0) is 28.7 Å². The topological polar surface area (TPSA) is 145 Å². The van der Waals surface area contributed by atoms with Gasteiger partial charge in [0.2, 0.25) is 5.91 Å². The molecule has 120 valence electrons. The molecule has 4 N–H and O–H groups in total. The van der Waals surface area contributed by atoms with E-state index in [2.05, 4.69) is 14.8 Å². The van der Waals surface area contributed by atoms with Crippen molar-refractivity contribution in [3.63, 3.8) is 0 Å². The summed E-state index contributed by atoms with van der Waals surface area (Å²) in [6, 6.07) is -1.98. The lowest BCUT2D eigenvalue weighted by molar-refractivity contribution is -0.146. The molecule has 0 bridgehead atoms. The van der Waals surface area contributed by atoms with E-state index in [1.165, 1.54) is 7.11 Å². The molecule has 21 heavy (non-hydrogen) atoms. The van der Waals surface area contributed by atoms with Gasteiger partial charge in [-0.05, 0) is 12.8 Å². The lowest BCUT2D eigenvalue weighted by Gasteiger charge is -2.16. The first kappa shape index (κ1) is 18.8. The minimum atomic E-state index is -1.09. The molecule has 0 saturated heterocycles. The molecular weight excluding hydrogens is 284 g/mol. The van der Waals surface area contributed by atoms with Crippen LogP contribution in [0.2, 0.25) is 0 Å². The van der Waals surface area contributed by atoms with Gasteiger partial charge in [-0.1, -0.05) is 0 Å². The van der Waals surface area contributed by atoms with Crippen LogP contribution in [0.3, 0.4) is 0 Å². The standard InChI is InChI=1S/C12H20N2O7/c1-20-11(18)7(13)3-5-9(15)14-8(12(19)21-2)4-6-10(16)17/h7-8H,3-6,13H2,1-2H3,(H,14,15)(H,16,17)/t7-,8+/m0/s1. The van der Waals surface area contributed by atoms with Crippen molar-refractivity contribution in [2.75, 3.05) is 14.2 Å². The summed E-state index contributed by atoms with van der Waals surface area (Å²) in [5.74, 6) is -3.00. The van der Waals surface area contributed by atoms with Crippen molar-refractivity contribution in [1.29, 1.82) is 0 Å². The van der Waals surface area contributed by atoms with Gasteiger partial charge in [0.25, 0.3) is 0 Å². The Hall–Kier alpha value is -2.16. The van der Waals surface area contributed by atoms with Gasteiger partial charge < -0.3 is 25.6 Å². The van der Waals surface area contributed by atoms with Gasteiger partial charge in [-0.15, -0.1) is 0 Å². The average Bonchev–Trinajstić information content (AvgIpc) is 2.46. The highest BCUT2D eigenvalue weighted by Gasteiger charge is 2.23. The Balaban J connectivity index is 4.36. The Labute approximate surface area is 121 Å². The van der Waals surface area contributed by atoms with E-state index < -0.39 is 35.9 Å². The third-order valence-corrected chi connectivity index (χ3v) is 2.65. The summed E-state index contributed by atoms with van der Waals surface area (Å²) in [6.07, 6.45) is -0.430. The number of ether oxygens (including phenoxy) is 2. The van der Waals surface area contributed by atoms with E-state index in [0.29, 0.717) is 0 Å². The van der Waals surface area contributed by atoms with Crippen LogP contribution in [0.4, 0.5) is 0 Å². The number of carboxylic acid groups (broad SMARTS) is 1. The smallest absolute Gasteiger partial charge is 0.328 e. The highest BCUT2D eigenvalue weighted by atomic mass is 16.5. The molecule has 0 saturated carbocycles. The van der Waals surface area contributed by atoms with Crippen LogP contribution >= 0.6 is 0 Å². The van der Waals surface area contributed by atoms with Crippen LogP contribution < -0.4 is 11.1 Å². The van der Waals surface area contributed by atoms with Crippen molar-refractivity contribution in [2.24, 2.45) is 5.73 Å². The fraction of sp³-hybridized carbons (Fsp3) is 0.667. The second-order valence-corrected chi connectivity index (χ2v) is 4.24. The molecule has 0 aliphatic rings. The van der Waals surface area contributed by atoms with E-state index in [1.807, 2.05) is 0 Å². The van der Waals surface area contributed by atoms with Gasteiger partial charge in [0.1, 0.15) is 12.1 Å². The number of amides is 1. The number of aliphatic carboxylic acids is 1. The second kappa shape index (κ2) is 9.70. The Morgan fingerprint density at radius 1 is 1.05 bits per heavy atom. The number of nitrogens with one attached hydrogen (secondary N) is 1. The van der Waals surface area contributed by atoms with E-state index in [9.17, 15) is 19.2 Å². The van der Waals surface area contributed by atoms with Crippen molar-refractivity contribution < 1.29 is 33.8 Å². The van der Waals surface area contributed by atoms with E-state index in [-0.39, 0.29) is 25.7 Å². The first-order valence-electron chi connectivity index (χ1n) is 6.24. The van der Waals surface area contributed by atoms with E-state index in [0.717, 1.165) is 7.11 Å². The summed E-state index contributed by atoms with van der Waals surface area (Å²) in [5.41, 5.74) is 5.47. The summed E-state index contributed by atoms with van der Waals surface area (Å²) in [5, 5.41) is 10.9. The number of carbonyl (C=O) groups excluding carboxylic acids is 3. The second-order valence-electron chi connectivity index (χ2n) is 4.24. The quantitative estimate of drug-likeness (QED) is 0.450. The van der Waals surface area contributed by atoms with Crippen LogP contribution in [0.15, 0.2) is 0 Å². The van der Waals surface area contributed by atoms with Crippen molar-refractivity contribution in [2.45, 2.75) is 37.8 Å². The highest BCUT2D eigenvalue weighted by Crippen LogP contribution is 2.03. The number of esters is 2. The van der Waals surface area contributed by atoms with Crippen LogP contribution in [0.1, 0.15) is 25.7 Å². The van der Waals surface area contributed by atoms with E-state index in [4.69, 9.17) is 10.8 Å². The lowest BCUT2D eigenvalue weighted by Crippen LogP contribution is -2.42. The molecule has 0 fully saturated rings. The molecule has 0 heterocycles. The maximum absolute atomic E-state index is 11.7. The fourth-order valence-corrected chi connectivity index (χ4v) is 1.48. The molecule has 0 aromatic rings. The van der Waals surface area contributed by atoms with Gasteiger partial charge in [0.05, 0.1) is 14.2 Å². The molecule has 0 radical (unpaired) electrons. The molecule has 0 unspecified atom stereocenters. The van der Waals surface area contributed by atoms with Gasteiger partial charge in [-0.2, -0.15) is 0 Å². The van der Waals surface area contributed by atoms with Crippen LogP contribution in [0.25, 0.3) is 0 Å². The summed E-state index contributed by atoms with van der Waals surface area (Å²) < 4.78 is 8.89. The first-order chi connectivity index (χ1) is 9.81. The predicted octanol–water partition coefficient (Wildman–Crippen LogP) is -1.21. The molecule has 0 aromatic carbocycles. The van der Waals surface area contributed by atoms with E-state index >= 15 is 0 Å². The largest absolute Gasteiger partial charge is 0.481 e. The molecule has 9 nitrogen and oxygen atoms in total. The minimum Gasteiger partial charge on any atom is -0.481 e. The van der Waals surface area contributed by atoms with Crippen molar-refractivity contribution in [1.82, 2.24) is 5.32 Å². The third kappa shape index (κ3) is 7.88. The fourth-order valence-electron chi connectivity index (χ4n) is 1.48. The Kier molecular flexibility index (Phi) is 8.70. The van der Waals surface area contributed by atoms with Gasteiger partial charge >= 0.3 is 17.9 Å². The number of hydrogen-bond acceptors (Lipinski definition) is 7.